The Bertz CT molecular complexity index is 1070. The van der Waals surface area contributed by atoms with Crippen LogP contribution >= 0.6 is 15.9 Å². The van der Waals surface area contributed by atoms with Crippen LogP contribution in [-0.4, -0.2) is 21.5 Å². The van der Waals surface area contributed by atoms with Gasteiger partial charge in [0.2, 0.25) is 5.91 Å². The third-order valence-electron chi connectivity index (χ3n) is 5.11. The Kier molecular flexibility index (Phi) is 4.89. The lowest BCUT2D eigenvalue weighted by Gasteiger charge is -2.23. The van der Waals surface area contributed by atoms with Gasteiger partial charge < -0.3 is 5.32 Å². The lowest BCUT2D eigenvalue weighted by atomic mass is 9.85. The lowest BCUT2D eigenvalue weighted by Crippen LogP contribution is -2.28. The fourth-order valence-electron chi connectivity index (χ4n) is 3.68. The molecule has 4 rings (SSSR count). The third kappa shape index (κ3) is 3.29. The van der Waals surface area contributed by atoms with Crippen LogP contribution < -0.4 is 5.32 Å². The topological polar surface area (TPSA) is 64.0 Å². The predicted molar refractivity (Wildman–Crippen MR) is 112 cm³/mol. The van der Waals surface area contributed by atoms with E-state index in [1.807, 2.05) is 31.2 Å². The monoisotopic (exact) mass is 437 g/mol. The number of aryl methyl sites for hydroxylation is 2. The average Bonchev–Trinajstić information content (AvgIpc) is 3.04. The van der Waals surface area contributed by atoms with Gasteiger partial charge in [0.15, 0.2) is 5.78 Å². The highest BCUT2D eigenvalue weighted by Crippen LogP contribution is 2.38. The molecule has 0 saturated heterocycles. The van der Waals surface area contributed by atoms with Crippen LogP contribution in [0.15, 0.2) is 53.0 Å². The first-order chi connectivity index (χ1) is 13.5. The van der Waals surface area contributed by atoms with Crippen molar-refractivity contribution in [2.45, 2.75) is 32.6 Å². The molecule has 0 spiro atoms. The summed E-state index contributed by atoms with van der Waals surface area (Å²) in [6.45, 7) is 3.98. The molecule has 0 bridgehead atoms. The molecule has 142 valence electrons. The summed E-state index contributed by atoms with van der Waals surface area (Å²) in [7, 11) is 0. The number of rotatable bonds is 4. The minimum absolute atomic E-state index is 0.0615. The number of aromatic nitrogens is 2. The summed E-state index contributed by atoms with van der Waals surface area (Å²) in [6.07, 6.45) is 1.04. The first-order valence-corrected chi connectivity index (χ1v) is 10.1. The van der Waals surface area contributed by atoms with Crippen molar-refractivity contribution < 1.29 is 9.59 Å². The highest BCUT2D eigenvalue weighted by Gasteiger charge is 2.36. The molecule has 0 saturated carbocycles. The van der Waals surface area contributed by atoms with Crippen molar-refractivity contribution in [2.24, 2.45) is 0 Å². The van der Waals surface area contributed by atoms with Gasteiger partial charge in [-0.3, -0.25) is 9.59 Å². The molecule has 2 aromatic carbocycles. The molecule has 0 unspecified atom stereocenters. The molecule has 3 aromatic rings. The summed E-state index contributed by atoms with van der Waals surface area (Å²) >= 11 is 3.39. The molecule has 1 atom stereocenters. The molecule has 0 aliphatic carbocycles. The van der Waals surface area contributed by atoms with Crippen molar-refractivity contribution in [1.29, 1.82) is 0 Å². The van der Waals surface area contributed by atoms with E-state index in [1.54, 1.807) is 16.8 Å². The first kappa shape index (κ1) is 18.6. The second kappa shape index (κ2) is 7.36. The lowest BCUT2D eigenvalue weighted by molar-refractivity contribution is -0.116. The Balaban J connectivity index is 1.81. The number of carbonyl (C=O) groups excluding carboxylic acids is 2. The number of Topliss-reactive ketones (excluding diaryl/α,β-unsaturated/α-hetero) is 1. The van der Waals surface area contributed by atoms with E-state index in [1.165, 1.54) is 5.56 Å². The Morgan fingerprint density at radius 1 is 1.25 bits per heavy atom. The van der Waals surface area contributed by atoms with E-state index in [0.717, 1.165) is 27.8 Å². The number of amides is 1. The molecular weight excluding hydrogens is 418 g/mol. The van der Waals surface area contributed by atoms with Crippen LogP contribution in [0.25, 0.3) is 5.69 Å². The van der Waals surface area contributed by atoms with Crippen LogP contribution in [0.2, 0.25) is 0 Å². The van der Waals surface area contributed by atoms with E-state index in [0.29, 0.717) is 11.4 Å². The quantitative estimate of drug-likeness (QED) is 0.595. The van der Waals surface area contributed by atoms with Gasteiger partial charge in [-0.2, -0.15) is 5.10 Å². The molecule has 1 aliphatic rings. The highest BCUT2D eigenvalue weighted by atomic mass is 79.9. The number of hydrogen-bond acceptors (Lipinski definition) is 3. The van der Waals surface area contributed by atoms with Crippen molar-refractivity contribution >= 4 is 33.4 Å². The molecule has 6 heteroatoms. The van der Waals surface area contributed by atoms with Gasteiger partial charge in [0, 0.05) is 22.0 Å². The van der Waals surface area contributed by atoms with Crippen LogP contribution in [0, 0.1) is 6.92 Å². The molecule has 1 N–H and O–H groups in total. The number of nitrogens with zero attached hydrogens (tertiary/aromatic N) is 2. The molecule has 1 aromatic heterocycles. The van der Waals surface area contributed by atoms with Gasteiger partial charge in [-0.15, -0.1) is 0 Å². The van der Waals surface area contributed by atoms with Crippen LogP contribution in [0.3, 0.4) is 0 Å². The van der Waals surface area contributed by atoms with Gasteiger partial charge in [-0.25, -0.2) is 4.68 Å². The van der Waals surface area contributed by atoms with Gasteiger partial charge in [-0.1, -0.05) is 47.1 Å². The zero-order chi connectivity index (χ0) is 19.8. The molecule has 0 radical (unpaired) electrons. The maximum Gasteiger partial charge on any atom is 0.226 e. The first-order valence-electron chi connectivity index (χ1n) is 9.26. The Morgan fingerprint density at radius 3 is 2.71 bits per heavy atom. The van der Waals surface area contributed by atoms with E-state index in [9.17, 15) is 9.59 Å². The Labute approximate surface area is 171 Å². The zero-order valence-electron chi connectivity index (χ0n) is 15.7. The van der Waals surface area contributed by atoms with Gasteiger partial charge >= 0.3 is 0 Å². The van der Waals surface area contributed by atoms with Gasteiger partial charge in [0.25, 0.3) is 0 Å². The van der Waals surface area contributed by atoms with Crippen molar-refractivity contribution in [3.05, 3.63) is 75.4 Å². The van der Waals surface area contributed by atoms with E-state index < -0.39 is 5.92 Å². The number of benzene rings is 2. The predicted octanol–water partition coefficient (Wildman–Crippen LogP) is 4.81. The Morgan fingerprint density at radius 2 is 2.00 bits per heavy atom. The summed E-state index contributed by atoms with van der Waals surface area (Å²) in [6, 6.07) is 15.3. The molecule has 28 heavy (non-hydrogen) atoms. The number of fused-ring (bicyclic) bond motifs is 1. The smallest absolute Gasteiger partial charge is 0.226 e. The highest BCUT2D eigenvalue weighted by molar-refractivity contribution is 9.10. The Hall–Kier alpha value is -2.73. The summed E-state index contributed by atoms with van der Waals surface area (Å²) in [5.41, 5.74) is 4.21. The molecule has 1 aliphatic heterocycles. The summed E-state index contributed by atoms with van der Waals surface area (Å²) in [4.78, 5) is 25.6. The number of nitrogens with one attached hydrogen (secondary N) is 1. The van der Waals surface area contributed by atoms with E-state index in [2.05, 4.69) is 45.4 Å². The largest absolute Gasteiger partial charge is 0.310 e. The molecule has 1 amide bonds. The minimum Gasteiger partial charge on any atom is -0.310 e. The molecule has 0 fully saturated rings. The van der Waals surface area contributed by atoms with Gasteiger partial charge in [0.1, 0.15) is 5.82 Å². The van der Waals surface area contributed by atoms with E-state index in [-0.39, 0.29) is 18.1 Å². The number of halogens is 1. The number of anilines is 1. The van der Waals surface area contributed by atoms with Crippen LogP contribution in [0.1, 0.15) is 46.4 Å². The molecule has 2 heterocycles. The third-order valence-corrected chi connectivity index (χ3v) is 5.64. The maximum atomic E-state index is 13.2. The standard InChI is InChI=1S/C22H20BrN3O2/c1-3-14-5-4-6-17(11-14)26-22-20(13(2)25-26)18(12-19(27)24-22)21(28)15-7-9-16(23)10-8-15/h4-11,18H,3,12H2,1-2H3,(H,24,27)/t18-/m0/s1. The number of hydrogen-bond donors (Lipinski definition) is 1. The number of carbonyl (C=O) groups is 2. The van der Waals surface area contributed by atoms with Crippen LogP contribution in [0.5, 0.6) is 0 Å². The second-order valence-corrected chi connectivity index (χ2v) is 7.87. The fourth-order valence-corrected chi connectivity index (χ4v) is 3.95. The fraction of sp³-hybridized carbons (Fsp3) is 0.227. The summed E-state index contributed by atoms with van der Waals surface area (Å²) in [5.74, 6) is -0.171. The SMILES string of the molecule is CCc1cccc(-n2nc(C)c3c2NC(=O)C[C@@H]3C(=O)c2ccc(Br)cc2)c1. The second-order valence-electron chi connectivity index (χ2n) is 6.96. The number of ketones is 1. The minimum atomic E-state index is -0.534. The van der Waals surface area contributed by atoms with Crippen molar-refractivity contribution in [1.82, 2.24) is 9.78 Å². The van der Waals surface area contributed by atoms with E-state index in [4.69, 9.17) is 0 Å². The zero-order valence-corrected chi connectivity index (χ0v) is 17.3. The average molecular weight is 438 g/mol. The van der Waals surface area contributed by atoms with Crippen LogP contribution in [-0.2, 0) is 11.2 Å². The van der Waals surface area contributed by atoms with Crippen molar-refractivity contribution in [3.63, 3.8) is 0 Å². The van der Waals surface area contributed by atoms with Crippen molar-refractivity contribution in [2.75, 3.05) is 5.32 Å². The van der Waals surface area contributed by atoms with Gasteiger partial charge in [0.05, 0.1) is 17.3 Å². The maximum absolute atomic E-state index is 13.2. The summed E-state index contributed by atoms with van der Waals surface area (Å²) < 4.78 is 2.65. The van der Waals surface area contributed by atoms with Gasteiger partial charge in [-0.05, 0) is 43.2 Å². The molecule has 5 nitrogen and oxygen atoms in total. The normalized spacial score (nSPS) is 15.8. The molecular formula is C22H20BrN3O2. The summed E-state index contributed by atoms with van der Waals surface area (Å²) in [5, 5.41) is 7.59. The van der Waals surface area contributed by atoms with Crippen LogP contribution in [0.4, 0.5) is 5.82 Å². The van der Waals surface area contributed by atoms with Crippen molar-refractivity contribution in [3.8, 4) is 5.69 Å². The van der Waals surface area contributed by atoms with E-state index >= 15 is 0 Å².